The van der Waals surface area contributed by atoms with Crippen molar-refractivity contribution >= 4 is 23.3 Å². The van der Waals surface area contributed by atoms with E-state index in [4.69, 9.17) is 11.6 Å². The zero-order chi connectivity index (χ0) is 11.4. The summed E-state index contributed by atoms with van der Waals surface area (Å²) in [5.74, 6) is 0.594. The van der Waals surface area contributed by atoms with E-state index in [2.05, 4.69) is 15.3 Å². The number of carbonyl (C=O) groups is 1. The lowest BCUT2D eigenvalue weighted by Gasteiger charge is -2.15. The third-order valence-electron chi connectivity index (χ3n) is 2.53. The molecule has 0 unspecified atom stereocenters. The Hall–Kier alpha value is -1.36. The molecule has 1 saturated heterocycles. The van der Waals surface area contributed by atoms with Gasteiger partial charge < -0.3 is 10.2 Å². The van der Waals surface area contributed by atoms with Gasteiger partial charge in [-0.15, -0.1) is 0 Å². The van der Waals surface area contributed by atoms with Crippen LogP contribution in [0.1, 0.15) is 12.8 Å². The molecular formula is C10H13ClN4O. The first-order valence-corrected chi connectivity index (χ1v) is 5.62. The third-order valence-corrected chi connectivity index (χ3v) is 2.81. The molecule has 1 aliphatic heterocycles. The highest BCUT2D eigenvalue weighted by molar-refractivity contribution is 6.32. The lowest BCUT2D eigenvalue weighted by Crippen LogP contribution is -2.33. The Morgan fingerprint density at radius 1 is 1.50 bits per heavy atom. The van der Waals surface area contributed by atoms with E-state index in [0.29, 0.717) is 10.8 Å². The van der Waals surface area contributed by atoms with Gasteiger partial charge in [-0.25, -0.2) is 9.97 Å². The van der Waals surface area contributed by atoms with Crippen molar-refractivity contribution in [3.8, 4) is 0 Å². The molecule has 1 N–H and O–H groups in total. The first-order chi connectivity index (χ1) is 7.77. The third kappa shape index (κ3) is 2.61. The van der Waals surface area contributed by atoms with Gasteiger partial charge in [0.15, 0.2) is 0 Å². The SMILES string of the molecule is O=C(CNc1ncncc1Cl)N1CCCC1. The smallest absolute Gasteiger partial charge is 0.241 e. The summed E-state index contributed by atoms with van der Waals surface area (Å²) < 4.78 is 0. The second kappa shape index (κ2) is 5.12. The number of hydrogen-bond acceptors (Lipinski definition) is 4. The fraction of sp³-hybridized carbons (Fsp3) is 0.500. The van der Waals surface area contributed by atoms with Crippen LogP contribution in [0.25, 0.3) is 0 Å². The Morgan fingerprint density at radius 2 is 2.25 bits per heavy atom. The van der Waals surface area contributed by atoms with E-state index in [1.165, 1.54) is 12.5 Å². The topological polar surface area (TPSA) is 58.1 Å². The number of nitrogens with one attached hydrogen (secondary N) is 1. The molecule has 0 radical (unpaired) electrons. The Labute approximate surface area is 98.8 Å². The molecule has 0 bridgehead atoms. The minimum absolute atomic E-state index is 0.0900. The van der Waals surface area contributed by atoms with Crippen LogP contribution in [0.3, 0.4) is 0 Å². The Bertz CT molecular complexity index is 379. The van der Waals surface area contributed by atoms with Gasteiger partial charge in [0.25, 0.3) is 0 Å². The van der Waals surface area contributed by atoms with Gasteiger partial charge in [0.2, 0.25) is 5.91 Å². The number of carbonyl (C=O) groups excluding carboxylic acids is 1. The minimum atomic E-state index is 0.0900. The van der Waals surface area contributed by atoms with Crippen LogP contribution in [-0.4, -0.2) is 40.4 Å². The molecule has 1 fully saturated rings. The Balaban J connectivity index is 1.87. The average Bonchev–Trinajstić information content (AvgIpc) is 2.81. The summed E-state index contributed by atoms with van der Waals surface area (Å²) in [5, 5.41) is 3.34. The number of halogens is 1. The maximum atomic E-state index is 11.7. The largest absolute Gasteiger partial charge is 0.360 e. The summed E-state index contributed by atoms with van der Waals surface area (Å²) in [6.07, 6.45) is 5.09. The molecule has 16 heavy (non-hydrogen) atoms. The summed E-state index contributed by atoms with van der Waals surface area (Å²) in [4.78, 5) is 21.3. The van der Waals surface area contributed by atoms with Crippen molar-refractivity contribution in [3.63, 3.8) is 0 Å². The summed E-state index contributed by atoms with van der Waals surface area (Å²) in [6.45, 7) is 1.95. The fourth-order valence-electron chi connectivity index (χ4n) is 1.68. The van der Waals surface area contributed by atoms with Crippen molar-refractivity contribution in [3.05, 3.63) is 17.5 Å². The van der Waals surface area contributed by atoms with Crippen LogP contribution in [0.2, 0.25) is 5.02 Å². The van der Waals surface area contributed by atoms with Crippen molar-refractivity contribution in [1.29, 1.82) is 0 Å². The maximum Gasteiger partial charge on any atom is 0.241 e. The maximum absolute atomic E-state index is 11.7. The van der Waals surface area contributed by atoms with Gasteiger partial charge in [-0.2, -0.15) is 0 Å². The zero-order valence-electron chi connectivity index (χ0n) is 8.82. The fourth-order valence-corrected chi connectivity index (χ4v) is 1.85. The molecule has 6 heteroatoms. The van der Waals surface area contributed by atoms with Crippen LogP contribution in [0.4, 0.5) is 5.82 Å². The highest BCUT2D eigenvalue weighted by Gasteiger charge is 2.17. The van der Waals surface area contributed by atoms with E-state index in [0.717, 1.165) is 25.9 Å². The number of anilines is 1. The number of hydrogen-bond donors (Lipinski definition) is 1. The van der Waals surface area contributed by atoms with Crippen LogP contribution >= 0.6 is 11.6 Å². The van der Waals surface area contributed by atoms with E-state index in [9.17, 15) is 4.79 Å². The number of amides is 1. The van der Waals surface area contributed by atoms with Crippen LogP contribution < -0.4 is 5.32 Å². The van der Waals surface area contributed by atoms with Gasteiger partial charge >= 0.3 is 0 Å². The van der Waals surface area contributed by atoms with Crippen LogP contribution in [0.5, 0.6) is 0 Å². The van der Waals surface area contributed by atoms with Crippen LogP contribution in [-0.2, 0) is 4.79 Å². The van der Waals surface area contributed by atoms with E-state index >= 15 is 0 Å². The van der Waals surface area contributed by atoms with E-state index < -0.39 is 0 Å². The molecule has 1 aromatic heterocycles. The quantitative estimate of drug-likeness (QED) is 0.862. The van der Waals surface area contributed by atoms with Gasteiger partial charge in [-0.3, -0.25) is 4.79 Å². The van der Waals surface area contributed by atoms with Crippen LogP contribution in [0, 0.1) is 0 Å². The standard InChI is InChI=1S/C10H13ClN4O/c11-8-5-12-7-14-10(8)13-6-9(16)15-3-1-2-4-15/h5,7H,1-4,6H2,(H,12,13,14). The van der Waals surface area contributed by atoms with E-state index in [1.54, 1.807) is 0 Å². The molecule has 1 amide bonds. The first-order valence-electron chi connectivity index (χ1n) is 5.24. The Kier molecular flexibility index (Phi) is 3.56. The van der Waals surface area contributed by atoms with Crippen molar-refractivity contribution in [1.82, 2.24) is 14.9 Å². The summed E-state index contributed by atoms with van der Waals surface area (Å²) >= 11 is 5.85. The lowest BCUT2D eigenvalue weighted by molar-refractivity contribution is -0.128. The van der Waals surface area contributed by atoms with Gasteiger partial charge in [-0.05, 0) is 12.8 Å². The molecule has 86 valence electrons. The molecule has 0 aromatic carbocycles. The molecule has 5 nitrogen and oxygen atoms in total. The van der Waals surface area contributed by atoms with Crippen molar-refractivity contribution < 1.29 is 4.79 Å². The molecule has 2 heterocycles. The lowest BCUT2D eigenvalue weighted by atomic mass is 10.4. The van der Waals surface area contributed by atoms with Gasteiger partial charge in [0, 0.05) is 13.1 Å². The van der Waals surface area contributed by atoms with Crippen molar-refractivity contribution in [2.75, 3.05) is 25.0 Å². The summed E-state index contributed by atoms with van der Waals surface area (Å²) in [5.41, 5.74) is 0. The first kappa shape index (κ1) is 11.1. The predicted molar refractivity (Wildman–Crippen MR) is 61.3 cm³/mol. The number of rotatable bonds is 3. The van der Waals surface area contributed by atoms with E-state index in [-0.39, 0.29) is 12.5 Å². The predicted octanol–water partition coefficient (Wildman–Crippen LogP) is 1.16. The minimum Gasteiger partial charge on any atom is -0.360 e. The molecule has 1 aliphatic rings. The molecule has 2 rings (SSSR count). The molecule has 1 aromatic rings. The molecule has 0 aliphatic carbocycles. The van der Waals surface area contributed by atoms with Gasteiger partial charge in [0.1, 0.15) is 17.2 Å². The molecule has 0 saturated carbocycles. The highest BCUT2D eigenvalue weighted by atomic mass is 35.5. The van der Waals surface area contributed by atoms with Crippen molar-refractivity contribution in [2.45, 2.75) is 12.8 Å². The number of aromatic nitrogens is 2. The second-order valence-corrected chi connectivity index (χ2v) is 4.07. The summed E-state index contributed by atoms with van der Waals surface area (Å²) in [6, 6.07) is 0. The van der Waals surface area contributed by atoms with Crippen LogP contribution in [0.15, 0.2) is 12.5 Å². The van der Waals surface area contributed by atoms with Gasteiger partial charge in [0.05, 0.1) is 12.7 Å². The number of nitrogens with zero attached hydrogens (tertiary/aromatic N) is 3. The van der Waals surface area contributed by atoms with E-state index in [1.807, 2.05) is 4.90 Å². The highest BCUT2D eigenvalue weighted by Crippen LogP contribution is 2.16. The Morgan fingerprint density at radius 3 is 2.94 bits per heavy atom. The second-order valence-electron chi connectivity index (χ2n) is 3.66. The van der Waals surface area contributed by atoms with Crippen molar-refractivity contribution in [2.24, 2.45) is 0 Å². The average molecular weight is 241 g/mol. The number of likely N-dealkylation sites (tertiary alicyclic amines) is 1. The normalized spacial score (nSPS) is 15.2. The van der Waals surface area contributed by atoms with Gasteiger partial charge in [-0.1, -0.05) is 11.6 Å². The molecule has 0 atom stereocenters. The zero-order valence-corrected chi connectivity index (χ0v) is 9.57. The monoisotopic (exact) mass is 240 g/mol. The summed E-state index contributed by atoms with van der Waals surface area (Å²) in [7, 11) is 0. The molecular weight excluding hydrogens is 228 g/mol. The molecule has 0 spiro atoms.